The highest BCUT2D eigenvalue weighted by atomic mass is 32.2. The van der Waals surface area contributed by atoms with Crippen molar-refractivity contribution in [1.29, 1.82) is 0 Å². The fraction of sp³-hybridized carbons (Fsp3) is 0.261. The van der Waals surface area contributed by atoms with Gasteiger partial charge in [-0.1, -0.05) is 36.4 Å². The Balaban J connectivity index is 1.77. The van der Waals surface area contributed by atoms with Crippen molar-refractivity contribution in [2.75, 3.05) is 25.3 Å². The maximum absolute atomic E-state index is 11.9. The van der Waals surface area contributed by atoms with E-state index in [1.807, 2.05) is 24.3 Å². The van der Waals surface area contributed by atoms with Gasteiger partial charge in [-0.05, 0) is 42.2 Å². The van der Waals surface area contributed by atoms with Crippen molar-refractivity contribution < 1.29 is 22.7 Å². The van der Waals surface area contributed by atoms with Crippen LogP contribution in [0.3, 0.4) is 0 Å². The maximum Gasteiger partial charge on any atom is 0.324 e. The SMILES string of the molecule is CCOc1c(Nc2cccc(-c3ccc(C[C@H](NS(C)(=O)=O)C(=O)OC)cc3)c2)c(=O)c1=O. The van der Waals surface area contributed by atoms with Crippen LogP contribution in [0.2, 0.25) is 0 Å². The van der Waals surface area contributed by atoms with Crippen molar-refractivity contribution in [2.45, 2.75) is 19.4 Å². The first-order chi connectivity index (χ1) is 15.6. The summed E-state index contributed by atoms with van der Waals surface area (Å²) in [6.07, 6.45) is 1.11. The number of benzene rings is 2. The van der Waals surface area contributed by atoms with Gasteiger partial charge in [0.25, 0.3) is 10.9 Å². The van der Waals surface area contributed by atoms with E-state index in [2.05, 4.69) is 14.8 Å². The molecular weight excluding hydrogens is 448 g/mol. The molecule has 0 spiro atoms. The zero-order valence-electron chi connectivity index (χ0n) is 18.4. The molecule has 3 rings (SSSR count). The molecule has 0 radical (unpaired) electrons. The van der Waals surface area contributed by atoms with E-state index < -0.39 is 32.9 Å². The second kappa shape index (κ2) is 9.97. The topological polar surface area (TPSA) is 128 Å². The van der Waals surface area contributed by atoms with Crippen molar-refractivity contribution >= 4 is 27.4 Å². The molecule has 0 aromatic heterocycles. The first kappa shape index (κ1) is 24.1. The molecule has 1 atom stereocenters. The summed E-state index contributed by atoms with van der Waals surface area (Å²) in [6.45, 7) is 2.01. The van der Waals surface area contributed by atoms with E-state index in [-0.39, 0.29) is 24.5 Å². The van der Waals surface area contributed by atoms with Crippen LogP contribution < -0.4 is 25.6 Å². The lowest BCUT2D eigenvalue weighted by Crippen LogP contribution is -2.42. The number of methoxy groups -OCH3 is 1. The molecule has 0 heterocycles. The summed E-state index contributed by atoms with van der Waals surface area (Å²) in [5.74, 6) is -0.631. The Morgan fingerprint density at radius 3 is 2.33 bits per heavy atom. The van der Waals surface area contributed by atoms with Gasteiger partial charge in [0, 0.05) is 5.69 Å². The van der Waals surface area contributed by atoms with E-state index in [0.717, 1.165) is 22.9 Å². The molecule has 0 unspecified atom stereocenters. The van der Waals surface area contributed by atoms with Crippen molar-refractivity contribution in [3.8, 4) is 16.9 Å². The molecule has 0 saturated heterocycles. The average molecular weight is 473 g/mol. The van der Waals surface area contributed by atoms with Crippen molar-refractivity contribution in [1.82, 2.24) is 4.72 Å². The van der Waals surface area contributed by atoms with E-state index in [1.54, 1.807) is 31.2 Å². The van der Waals surface area contributed by atoms with Gasteiger partial charge < -0.3 is 14.8 Å². The molecule has 0 amide bonds. The molecule has 33 heavy (non-hydrogen) atoms. The summed E-state index contributed by atoms with van der Waals surface area (Å²) in [6, 6.07) is 13.5. The lowest BCUT2D eigenvalue weighted by Gasteiger charge is -2.16. The predicted octanol–water partition coefficient (Wildman–Crippen LogP) is 1.73. The van der Waals surface area contributed by atoms with Crippen molar-refractivity contribution in [3.63, 3.8) is 0 Å². The number of sulfonamides is 1. The van der Waals surface area contributed by atoms with Crippen LogP contribution in [-0.2, 0) is 26.0 Å². The monoisotopic (exact) mass is 472 g/mol. The molecule has 3 aromatic carbocycles. The number of esters is 1. The molecule has 2 N–H and O–H groups in total. The van der Waals surface area contributed by atoms with Crippen molar-refractivity contribution in [2.24, 2.45) is 0 Å². The highest BCUT2D eigenvalue weighted by molar-refractivity contribution is 7.88. The number of anilines is 2. The van der Waals surface area contributed by atoms with Gasteiger partial charge in [-0.3, -0.25) is 14.4 Å². The Kier molecular flexibility index (Phi) is 7.29. The zero-order valence-corrected chi connectivity index (χ0v) is 19.2. The molecule has 0 aliphatic rings. The van der Waals surface area contributed by atoms with E-state index >= 15 is 0 Å². The van der Waals surface area contributed by atoms with Crippen LogP contribution >= 0.6 is 0 Å². The fourth-order valence-corrected chi connectivity index (χ4v) is 4.03. The highest BCUT2D eigenvalue weighted by Gasteiger charge is 2.24. The van der Waals surface area contributed by atoms with Gasteiger partial charge in [-0.25, -0.2) is 13.1 Å². The Morgan fingerprint density at radius 2 is 1.73 bits per heavy atom. The number of nitrogens with one attached hydrogen (secondary N) is 2. The molecule has 0 aliphatic carbocycles. The first-order valence-electron chi connectivity index (χ1n) is 10.1. The smallest absolute Gasteiger partial charge is 0.324 e. The Hall–Kier alpha value is -3.50. The van der Waals surface area contributed by atoms with Crippen LogP contribution in [0.15, 0.2) is 58.1 Å². The van der Waals surface area contributed by atoms with E-state index in [4.69, 9.17) is 4.74 Å². The Morgan fingerprint density at radius 1 is 1.03 bits per heavy atom. The molecule has 0 saturated carbocycles. The van der Waals surface area contributed by atoms with Gasteiger partial charge in [0.1, 0.15) is 11.7 Å². The second-order valence-corrected chi connectivity index (χ2v) is 9.15. The van der Waals surface area contributed by atoms with Crippen LogP contribution in [0.1, 0.15) is 12.5 Å². The fourth-order valence-electron chi connectivity index (χ4n) is 3.33. The van der Waals surface area contributed by atoms with Crippen LogP contribution in [-0.4, -0.2) is 40.4 Å². The molecule has 9 nitrogen and oxygen atoms in total. The second-order valence-electron chi connectivity index (χ2n) is 7.37. The van der Waals surface area contributed by atoms with Crippen LogP contribution in [0.4, 0.5) is 11.4 Å². The number of ether oxygens (including phenoxy) is 2. The summed E-state index contributed by atoms with van der Waals surface area (Å²) in [7, 11) is -2.39. The third-order valence-corrected chi connectivity index (χ3v) is 5.57. The lowest BCUT2D eigenvalue weighted by atomic mass is 10.0. The Labute approximate surface area is 191 Å². The van der Waals surface area contributed by atoms with E-state index in [1.165, 1.54) is 7.11 Å². The minimum atomic E-state index is -3.59. The summed E-state index contributed by atoms with van der Waals surface area (Å²) in [4.78, 5) is 35.4. The van der Waals surface area contributed by atoms with Gasteiger partial charge in [0.05, 0.1) is 20.0 Å². The summed E-state index contributed by atoms with van der Waals surface area (Å²) >= 11 is 0. The Bertz CT molecular complexity index is 1320. The molecule has 174 valence electrons. The normalized spacial score (nSPS) is 12.3. The van der Waals surface area contributed by atoms with Gasteiger partial charge in [0.15, 0.2) is 5.75 Å². The predicted molar refractivity (Wildman–Crippen MR) is 125 cm³/mol. The molecule has 0 bridgehead atoms. The number of hydrogen-bond donors (Lipinski definition) is 2. The van der Waals surface area contributed by atoms with Crippen LogP contribution in [0.5, 0.6) is 5.75 Å². The van der Waals surface area contributed by atoms with Gasteiger partial charge >= 0.3 is 5.97 Å². The number of carbonyl (C=O) groups is 1. The highest BCUT2D eigenvalue weighted by Crippen LogP contribution is 2.27. The van der Waals surface area contributed by atoms with Gasteiger partial charge in [-0.2, -0.15) is 0 Å². The maximum atomic E-state index is 11.9. The zero-order chi connectivity index (χ0) is 24.2. The minimum Gasteiger partial charge on any atom is -0.488 e. The number of rotatable bonds is 10. The lowest BCUT2D eigenvalue weighted by molar-refractivity contribution is -0.142. The third kappa shape index (κ3) is 5.85. The van der Waals surface area contributed by atoms with Gasteiger partial charge in [-0.15, -0.1) is 0 Å². The standard InChI is InChI=1S/C23H24N2O7S/c1-4-32-22-19(20(26)21(22)27)24-17-7-5-6-16(13-17)15-10-8-14(9-11-15)12-18(23(28)31-2)25-33(3,29)30/h5-11,13,18,24-25H,4,12H2,1-3H3/t18-/m0/s1. The van der Waals surface area contributed by atoms with Crippen LogP contribution in [0, 0.1) is 0 Å². The molecule has 0 aliphatic heterocycles. The third-order valence-electron chi connectivity index (χ3n) is 4.86. The summed E-state index contributed by atoms with van der Waals surface area (Å²) in [5, 5.41) is 2.95. The first-order valence-corrected chi connectivity index (χ1v) is 12.0. The molecular formula is C23H24N2O7S. The molecule has 10 heteroatoms. The molecule has 0 fully saturated rings. The minimum absolute atomic E-state index is 0.0418. The number of carbonyl (C=O) groups excluding carboxylic acids is 1. The van der Waals surface area contributed by atoms with Gasteiger partial charge in [0.2, 0.25) is 10.0 Å². The van der Waals surface area contributed by atoms with Crippen molar-refractivity contribution in [3.05, 3.63) is 74.5 Å². The number of hydrogen-bond acceptors (Lipinski definition) is 8. The quantitative estimate of drug-likeness (QED) is 0.337. The van der Waals surface area contributed by atoms with E-state index in [0.29, 0.717) is 5.69 Å². The average Bonchev–Trinajstić information content (AvgIpc) is 2.80. The summed E-state index contributed by atoms with van der Waals surface area (Å²) in [5.41, 5.74) is 1.96. The molecule has 3 aromatic rings. The van der Waals surface area contributed by atoms with Crippen LogP contribution in [0.25, 0.3) is 11.1 Å². The largest absolute Gasteiger partial charge is 0.488 e. The van der Waals surface area contributed by atoms with E-state index in [9.17, 15) is 22.8 Å². The summed E-state index contributed by atoms with van der Waals surface area (Å²) < 4.78 is 35.3.